The molecule has 0 bridgehead atoms. The van der Waals surface area contributed by atoms with E-state index < -0.39 is 0 Å². The molecule has 6 heteroatoms. The van der Waals surface area contributed by atoms with Gasteiger partial charge in [-0.2, -0.15) is 9.97 Å². The normalized spacial score (nSPS) is 14.8. The van der Waals surface area contributed by atoms with Crippen LogP contribution < -0.4 is 0 Å². The Morgan fingerprint density at radius 1 is 1.12 bits per heavy atom. The molecule has 0 aliphatic carbocycles. The van der Waals surface area contributed by atoms with Gasteiger partial charge in [0.1, 0.15) is 0 Å². The van der Waals surface area contributed by atoms with Gasteiger partial charge in [-0.3, -0.25) is 0 Å². The van der Waals surface area contributed by atoms with E-state index >= 15 is 0 Å². The molecule has 2 heterocycles. The summed E-state index contributed by atoms with van der Waals surface area (Å²) < 4.78 is 9.69. The summed E-state index contributed by atoms with van der Waals surface area (Å²) >= 11 is 0. The molecule has 0 aromatic carbocycles. The van der Waals surface area contributed by atoms with E-state index in [0.717, 1.165) is 24.5 Å². The molecule has 0 aliphatic rings. The van der Waals surface area contributed by atoms with Crippen molar-refractivity contribution in [2.24, 2.45) is 0 Å². The van der Waals surface area contributed by atoms with Crippen molar-refractivity contribution in [3.63, 3.8) is 0 Å². The van der Waals surface area contributed by atoms with Crippen LogP contribution in [0.2, 0.25) is 0 Å². The zero-order chi connectivity index (χ0) is 12.3. The van der Waals surface area contributed by atoms with Crippen molar-refractivity contribution in [2.45, 2.75) is 45.4 Å². The fourth-order valence-corrected chi connectivity index (χ4v) is 1.67. The third-order valence-electron chi connectivity index (χ3n) is 2.84. The van der Waals surface area contributed by atoms with Crippen LogP contribution in [0.5, 0.6) is 0 Å². The summed E-state index contributed by atoms with van der Waals surface area (Å²) in [6.07, 6.45) is 3.29. The zero-order valence-electron chi connectivity index (χ0n) is 10.3. The fourth-order valence-electron chi connectivity index (χ4n) is 1.67. The summed E-state index contributed by atoms with van der Waals surface area (Å²) in [5.41, 5.74) is 0. The topological polar surface area (TPSA) is 77.8 Å². The predicted molar refractivity (Wildman–Crippen MR) is 59.4 cm³/mol. The van der Waals surface area contributed by atoms with Crippen molar-refractivity contribution >= 4 is 0 Å². The summed E-state index contributed by atoms with van der Waals surface area (Å²) in [6, 6.07) is 0. The van der Waals surface area contributed by atoms with Gasteiger partial charge >= 0.3 is 0 Å². The summed E-state index contributed by atoms with van der Waals surface area (Å²) in [7, 11) is 0. The molecule has 92 valence electrons. The molecule has 2 aromatic heterocycles. The SMILES string of the molecule is Cc1nc(C(C)CCC(C)c2ncon2)no1. The fraction of sp³-hybridized carbons (Fsp3) is 0.636. The Balaban J connectivity index is 1.86. The highest BCUT2D eigenvalue weighted by atomic mass is 16.5. The van der Waals surface area contributed by atoms with Gasteiger partial charge in [-0.1, -0.05) is 24.2 Å². The van der Waals surface area contributed by atoms with Crippen molar-refractivity contribution in [2.75, 3.05) is 0 Å². The smallest absolute Gasteiger partial charge is 0.223 e. The maximum atomic E-state index is 4.96. The average molecular weight is 236 g/mol. The van der Waals surface area contributed by atoms with Gasteiger partial charge < -0.3 is 9.05 Å². The van der Waals surface area contributed by atoms with E-state index in [1.54, 1.807) is 6.92 Å². The molecular formula is C11H16N4O2. The van der Waals surface area contributed by atoms with Crippen molar-refractivity contribution in [1.29, 1.82) is 0 Å². The van der Waals surface area contributed by atoms with Crippen LogP contribution in [-0.4, -0.2) is 20.3 Å². The molecule has 17 heavy (non-hydrogen) atoms. The molecule has 0 fully saturated rings. The summed E-state index contributed by atoms with van der Waals surface area (Å²) in [4.78, 5) is 8.27. The van der Waals surface area contributed by atoms with Crippen molar-refractivity contribution in [3.8, 4) is 0 Å². The van der Waals surface area contributed by atoms with Gasteiger partial charge in [-0.25, -0.2) is 0 Å². The van der Waals surface area contributed by atoms with E-state index in [2.05, 4.69) is 34.1 Å². The van der Waals surface area contributed by atoms with Gasteiger partial charge in [0, 0.05) is 18.8 Å². The largest absolute Gasteiger partial charge is 0.343 e. The van der Waals surface area contributed by atoms with E-state index in [1.807, 2.05) is 0 Å². The monoisotopic (exact) mass is 236 g/mol. The molecule has 0 radical (unpaired) electrons. The van der Waals surface area contributed by atoms with Crippen LogP contribution in [0.1, 0.15) is 56.1 Å². The molecule has 0 saturated carbocycles. The second-order valence-corrected chi connectivity index (χ2v) is 4.34. The van der Waals surface area contributed by atoms with Crippen LogP contribution in [0.15, 0.2) is 15.4 Å². The lowest BCUT2D eigenvalue weighted by Gasteiger charge is -2.09. The van der Waals surface area contributed by atoms with Gasteiger partial charge in [0.05, 0.1) is 0 Å². The Hall–Kier alpha value is -1.72. The molecule has 2 aromatic rings. The maximum Gasteiger partial charge on any atom is 0.223 e. The quantitative estimate of drug-likeness (QED) is 0.793. The van der Waals surface area contributed by atoms with E-state index in [-0.39, 0.29) is 11.8 Å². The Bertz CT molecular complexity index is 452. The van der Waals surface area contributed by atoms with E-state index in [0.29, 0.717) is 5.89 Å². The number of aryl methyl sites for hydroxylation is 1. The molecule has 2 unspecified atom stereocenters. The predicted octanol–water partition coefficient (Wildman–Crippen LogP) is 2.45. The van der Waals surface area contributed by atoms with E-state index in [1.165, 1.54) is 6.39 Å². The van der Waals surface area contributed by atoms with E-state index in [4.69, 9.17) is 9.05 Å². The minimum absolute atomic E-state index is 0.279. The van der Waals surface area contributed by atoms with Gasteiger partial charge in [-0.05, 0) is 12.8 Å². The molecule has 2 rings (SSSR count). The lowest BCUT2D eigenvalue weighted by atomic mass is 9.97. The Kier molecular flexibility index (Phi) is 3.51. The lowest BCUT2D eigenvalue weighted by Crippen LogP contribution is -2.01. The molecular weight excluding hydrogens is 220 g/mol. The Morgan fingerprint density at radius 3 is 2.35 bits per heavy atom. The Morgan fingerprint density at radius 2 is 1.82 bits per heavy atom. The van der Waals surface area contributed by atoms with Crippen LogP contribution >= 0.6 is 0 Å². The van der Waals surface area contributed by atoms with Crippen molar-refractivity contribution < 1.29 is 9.05 Å². The highest BCUT2D eigenvalue weighted by Crippen LogP contribution is 2.24. The molecule has 6 nitrogen and oxygen atoms in total. The number of rotatable bonds is 5. The maximum absolute atomic E-state index is 4.96. The number of hydrogen-bond acceptors (Lipinski definition) is 6. The molecule has 0 amide bonds. The summed E-state index contributed by atoms with van der Waals surface area (Å²) in [6.45, 7) is 5.97. The first kappa shape index (κ1) is 11.8. The van der Waals surface area contributed by atoms with Crippen LogP contribution in [0.3, 0.4) is 0 Å². The van der Waals surface area contributed by atoms with Crippen LogP contribution in [0, 0.1) is 6.92 Å². The molecule has 0 aliphatic heterocycles. The highest BCUT2D eigenvalue weighted by Gasteiger charge is 2.16. The standard InChI is InChI=1S/C11H16N4O2/c1-7(10-12-6-16-14-10)4-5-8(2)11-13-9(3)17-15-11/h6-8H,4-5H2,1-3H3. The Labute approximate surface area is 99.4 Å². The molecule has 0 saturated heterocycles. The van der Waals surface area contributed by atoms with Gasteiger partial charge in [0.15, 0.2) is 11.6 Å². The zero-order valence-corrected chi connectivity index (χ0v) is 10.3. The van der Waals surface area contributed by atoms with Gasteiger partial charge in [-0.15, -0.1) is 0 Å². The molecule has 2 atom stereocenters. The van der Waals surface area contributed by atoms with Crippen LogP contribution in [0.25, 0.3) is 0 Å². The highest BCUT2D eigenvalue weighted by molar-refractivity contribution is 4.95. The third kappa shape index (κ3) is 2.89. The van der Waals surface area contributed by atoms with Crippen LogP contribution in [0.4, 0.5) is 0 Å². The summed E-state index contributed by atoms with van der Waals surface area (Å²) in [5.74, 6) is 2.69. The average Bonchev–Trinajstić information content (AvgIpc) is 2.95. The minimum Gasteiger partial charge on any atom is -0.343 e. The van der Waals surface area contributed by atoms with Gasteiger partial charge in [0.2, 0.25) is 12.3 Å². The summed E-state index contributed by atoms with van der Waals surface area (Å²) in [5, 5.41) is 7.76. The first-order valence-electron chi connectivity index (χ1n) is 5.73. The minimum atomic E-state index is 0.279. The van der Waals surface area contributed by atoms with Crippen LogP contribution in [-0.2, 0) is 0 Å². The second kappa shape index (κ2) is 5.07. The third-order valence-corrected chi connectivity index (χ3v) is 2.84. The second-order valence-electron chi connectivity index (χ2n) is 4.34. The number of nitrogens with zero attached hydrogens (tertiary/aromatic N) is 4. The van der Waals surface area contributed by atoms with Crippen molar-refractivity contribution in [3.05, 3.63) is 23.9 Å². The first-order chi connectivity index (χ1) is 8.16. The number of aromatic nitrogens is 4. The van der Waals surface area contributed by atoms with Crippen molar-refractivity contribution in [1.82, 2.24) is 20.3 Å². The first-order valence-corrected chi connectivity index (χ1v) is 5.73. The molecule has 0 N–H and O–H groups in total. The molecule has 0 spiro atoms. The van der Waals surface area contributed by atoms with E-state index in [9.17, 15) is 0 Å². The lowest BCUT2D eigenvalue weighted by molar-refractivity contribution is 0.380. The number of hydrogen-bond donors (Lipinski definition) is 0. The van der Waals surface area contributed by atoms with Gasteiger partial charge in [0.25, 0.3) is 0 Å².